The van der Waals surface area contributed by atoms with E-state index < -0.39 is 11.8 Å². The first-order valence-electron chi connectivity index (χ1n) is 5.31. The number of aliphatic carboxylic acids is 1. The molecule has 0 aliphatic carbocycles. The molecular formula is C13H15ClO3. The highest BCUT2D eigenvalue weighted by Gasteiger charge is 2.25. The van der Waals surface area contributed by atoms with Crippen molar-refractivity contribution in [2.45, 2.75) is 26.7 Å². The van der Waals surface area contributed by atoms with Crippen molar-refractivity contribution in [1.29, 1.82) is 0 Å². The van der Waals surface area contributed by atoms with Gasteiger partial charge in [0, 0.05) is 11.4 Å². The third kappa shape index (κ3) is 4.57. The number of halogens is 1. The SMILES string of the molecule is CC(C)(CC(=O)C(=O)O)Cc1cccc(Cl)c1. The number of rotatable bonds is 5. The Kier molecular flexibility index (Phi) is 4.29. The zero-order valence-electron chi connectivity index (χ0n) is 9.87. The van der Waals surface area contributed by atoms with Gasteiger partial charge in [-0.25, -0.2) is 4.79 Å². The molecule has 0 aliphatic heterocycles. The van der Waals surface area contributed by atoms with Gasteiger partial charge in [0.15, 0.2) is 0 Å². The molecular weight excluding hydrogens is 240 g/mol. The fourth-order valence-electron chi connectivity index (χ4n) is 1.77. The summed E-state index contributed by atoms with van der Waals surface area (Å²) in [5.41, 5.74) is 0.612. The van der Waals surface area contributed by atoms with Gasteiger partial charge in [-0.15, -0.1) is 0 Å². The van der Waals surface area contributed by atoms with Crippen LogP contribution in [0.4, 0.5) is 0 Å². The largest absolute Gasteiger partial charge is 0.476 e. The van der Waals surface area contributed by atoms with Crippen molar-refractivity contribution >= 4 is 23.4 Å². The van der Waals surface area contributed by atoms with Gasteiger partial charge in [0.2, 0.25) is 5.78 Å². The molecule has 0 bridgehead atoms. The van der Waals surface area contributed by atoms with E-state index in [-0.39, 0.29) is 11.8 Å². The molecule has 0 amide bonds. The molecule has 4 heteroatoms. The minimum Gasteiger partial charge on any atom is -0.476 e. The molecule has 0 aliphatic rings. The van der Waals surface area contributed by atoms with Crippen molar-refractivity contribution in [2.75, 3.05) is 0 Å². The number of carbonyl (C=O) groups excluding carboxylic acids is 1. The number of carboxylic acids is 1. The van der Waals surface area contributed by atoms with Crippen LogP contribution in [0.15, 0.2) is 24.3 Å². The van der Waals surface area contributed by atoms with Crippen LogP contribution in [0.2, 0.25) is 5.02 Å². The van der Waals surface area contributed by atoms with Gasteiger partial charge < -0.3 is 5.11 Å². The smallest absolute Gasteiger partial charge is 0.372 e. The van der Waals surface area contributed by atoms with Gasteiger partial charge in [-0.1, -0.05) is 37.6 Å². The third-order valence-electron chi connectivity index (χ3n) is 2.45. The van der Waals surface area contributed by atoms with Gasteiger partial charge >= 0.3 is 5.97 Å². The summed E-state index contributed by atoms with van der Waals surface area (Å²) >= 11 is 5.87. The van der Waals surface area contributed by atoms with Gasteiger partial charge in [0.25, 0.3) is 0 Å². The van der Waals surface area contributed by atoms with Crippen molar-refractivity contribution in [2.24, 2.45) is 5.41 Å². The molecule has 1 rings (SSSR count). The number of hydrogen-bond donors (Lipinski definition) is 1. The van der Waals surface area contributed by atoms with E-state index in [1.54, 1.807) is 6.07 Å². The topological polar surface area (TPSA) is 54.4 Å². The van der Waals surface area contributed by atoms with Crippen LogP contribution in [0.25, 0.3) is 0 Å². The fourth-order valence-corrected chi connectivity index (χ4v) is 1.99. The second-order valence-corrected chi connectivity index (χ2v) is 5.31. The predicted molar refractivity (Wildman–Crippen MR) is 66.2 cm³/mol. The Morgan fingerprint density at radius 3 is 2.53 bits per heavy atom. The summed E-state index contributed by atoms with van der Waals surface area (Å²) in [5.74, 6) is -2.12. The van der Waals surface area contributed by atoms with Crippen LogP contribution < -0.4 is 0 Å². The monoisotopic (exact) mass is 254 g/mol. The van der Waals surface area contributed by atoms with Crippen LogP contribution in [0, 0.1) is 5.41 Å². The first-order chi connectivity index (χ1) is 7.80. The van der Waals surface area contributed by atoms with Crippen molar-refractivity contribution in [3.05, 3.63) is 34.9 Å². The fraction of sp³-hybridized carbons (Fsp3) is 0.385. The number of Topliss-reactive ketones (excluding diaryl/α,β-unsaturated/α-hetero) is 1. The summed E-state index contributed by atoms with van der Waals surface area (Å²) < 4.78 is 0. The number of ketones is 1. The van der Waals surface area contributed by atoms with Crippen molar-refractivity contribution in [3.63, 3.8) is 0 Å². The lowest BCUT2D eigenvalue weighted by Crippen LogP contribution is -2.24. The lowest BCUT2D eigenvalue weighted by molar-refractivity contribution is -0.150. The Morgan fingerprint density at radius 2 is 2.00 bits per heavy atom. The summed E-state index contributed by atoms with van der Waals surface area (Å²) in [7, 11) is 0. The van der Waals surface area contributed by atoms with Crippen molar-refractivity contribution in [1.82, 2.24) is 0 Å². The first-order valence-corrected chi connectivity index (χ1v) is 5.68. The quantitative estimate of drug-likeness (QED) is 0.822. The Labute approximate surface area is 105 Å². The van der Waals surface area contributed by atoms with E-state index in [0.29, 0.717) is 11.4 Å². The van der Waals surface area contributed by atoms with Gasteiger partial charge in [0.1, 0.15) is 0 Å². The Balaban J connectivity index is 2.72. The molecule has 0 heterocycles. The maximum atomic E-state index is 11.2. The minimum absolute atomic E-state index is 0.0227. The molecule has 3 nitrogen and oxygen atoms in total. The zero-order chi connectivity index (χ0) is 13.1. The van der Waals surface area contributed by atoms with Crippen molar-refractivity contribution in [3.8, 4) is 0 Å². The molecule has 0 saturated carbocycles. The molecule has 0 fully saturated rings. The van der Waals surface area contributed by atoms with E-state index in [9.17, 15) is 9.59 Å². The lowest BCUT2D eigenvalue weighted by Gasteiger charge is -2.23. The normalized spacial score (nSPS) is 11.2. The number of carboxylic acid groups (broad SMARTS) is 1. The van der Waals surface area contributed by atoms with E-state index in [0.717, 1.165) is 5.56 Å². The van der Waals surface area contributed by atoms with E-state index in [1.165, 1.54) is 0 Å². The molecule has 1 N–H and O–H groups in total. The average Bonchev–Trinajstić information content (AvgIpc) is 2.15. The molecule has 0 spiro atoms. The summed E-state index contributed by atoms with van der Waals surface area (Å²) in [6.07, 6.45) is 0.640. The molecule has 1 aromatic rings. The van der Waals surface area contributed by atoms with E-state index >= 15 is 0 Å². The van der Waals surface area contributed by atoms with Crippen LogP contribution in [-0.4, -0.2) is 16.9 Å². The summed E-state index contributed by atoms with van der Waals surface area (Å²) in [6.45, 7) is 3.74. The molecule has 0 unspecified atom stereocenters. The van der Waals surface area contributed by atoms with E-state index in [4.69, 9.17) is 16.7 Å². The summed E-state index contributed by atoms with van der Waals surface area (Å²) in [5, 5.41) is 9.23. The molecule has 0 radical (unpaired) electrons. The summed E-state index contributed by atoms with van der Waals surface area (Å²) in [6, 6.07) is 7.36. The maximum absolute atomic E-state index is 11.2. The average molecular weight is 255 g/mol. The van der Waals surface area contributed by atoms with Gasteiger partial charge in [-0.2, -0.15) is 0 Å². The molecule has 0 saturated heterocycles. The molecule has 0 aromatic heterocycles. The lowest BCUT2D eigenvalue weighted by atomic mass is 9.81. The minimum atomic E-state index is -1.37. The first kappa shape index (κ1) is 13.7. The second kappa shape index (κ2) is 5.32. The maximum Gasteiger partial charge on any atom is 0.372 e. The van der Waals surface area contributed by atoms with E-state index in [2.05, 4.69) is 0 Å². The molecule has 92 valence electrons. The Bertz CT molecular complexity index is 438. The Hall–Kier alpha value is -1.35. The zero-order valence-corrected chi connectivity index (χ0v) is 10.6. The Morgan fingerprint density at radius 1 is 1.35 bits per heavy atom. The summed E-state index contributed by atoms with van der Waals surface area (Å²) in [4.78, 5) is 21.7. The van der Waals surface area contributed by atoms with Gasteiger partial charge in [-0.3, -0.25) is 4.79 Å². The van der Waals surface area contributed by atoms with E-state index in [1.807, 2.05) is 32.0 Å². The molecule has 17 heavy (non-hydrogen) atoms. The molecule has 0 atom stereocenters. The van der Waals surface area contributed by atoms with Crippen LogP contribution >= 0.6 is 11.6 Å². The van der Waals surface area contributed by atoms with Crippen LogP contribution in [0.5, 0.6) is 0 Å². The second-order valence-electron chi connectivity index (χ2n) is 4.88. The van der Waals surface area contributed by atoms with Gasteiger partial charge in [0.05, 0.1) is 0 Å². The van der Waals surface area contributed by atoms with Crippen LogP contribution in [0.3, 0.4) is 0 Å². The number of hydrogen-bond acceptors (Lipinski definition) is 2. The van der Waals surface area contributed by atoms with Gasteiger partial charge in [-0.05, 0) is 29.5 Å². The van der Waals surface area contributed by atoms with Crippen LogP contribution in [0.1, 0.15) is 25.8 Å². The van der Waals surface area contributed by atoms with Crippen LogP contribution in [-0.2, 0) is 16.0 Å². The standard InChI is InChI=1S/C13H15ClO3/c1-13(2,8-11(15)12(16)17)7-9-4-3-5-10(14)6-9/h3-6H,7-8H2,1-2H3,(H,16,17). The predicted octanol–water partition coefficient (Wildman–Crippen LogP) is 2.95. The number of carbonyl (C=O) groups is 2. The number of benzene rings is 1. The highest BCUT2D eigenvalue weighted by atomic mass is 35.5. The molecule has 1 aromatic carbocycles. The third-order valence-corrected chi connectivity index (χ3v) is 2.68. The van der Waals surface area contributed by atoms with Crippen molar-refractivity contribution < 1.29 is 14.7 Å². The highest BCUT2D eigenvalue weighted by Crippen LogP contribution is 2.27. The highest BCUT2D eigenvalue weighted by molar-refractivity contribution is 6.32.